The number of benzene rings is 1. The van der Waals surface area contributed by atoms with Crippen LogP contribution in [0.25, 0.3) is 10.9 Å². The van der Waals surface area contributed by atoms with Crippen molar-refractivity contribution in [2.45, 2.75) is 43.5 Å². The smallest absolute Gasteiger partial charge is 0.101 e. The lowest BCUT2D eigenvalue weighted by molar-refractivity contribution is 0.289. The van der Waals surface area contributed by atoms with E-state index in [4.69, 9.17) is 10.1 Å². The molecular weight excluding hydrogens is 280 g/mol. The van der Waals surface area contributed by atoms with Gasteiger partial charge >= 0.3 is 0 Å². The van der Waals surface area contributed by atoms with Gasteiger partial charge in [0, 0.05) is 23.8 Å². The topological polar surface area (TPSA) is 45.2 Å². The Morgan fingerprint density at radius 2 is 2.14 bits per heavy atom. The van der Waals surface area contributed by atoms with Crippen LogP contribution in [0, 0.1) is 0 Å². The van der Waals surface area contributed by atoms with Gasteiger partial charge in [-0.2, -0.15) is 0 Å². The van der Waals surface area contributed by atoms with Gasteiger partial charge in [0.2, 0.25) is 0 Å². The molecule has 4 heteroatoms. The van der Waals surface area contributed by atoms with Gasteiger partial charge in [0.15, 0.2) is 0 Å². The molecule has 2 rings (SSSR count). The fraction of sp³-hybridized carbons (Fsp3) is 0.471. The number of para-hydroxylation sites is 1. The highest BCUT2D eigenvalue weighted by atomic mass is 32.2. The maximum atomic E-state index is 9.08. The minimum Gasteiger partial charge on any atom is -0.396 e. The number of aromatic nitrogens is 1. The third-order valence-corrected chi connectivity index (χ3v) is 4.57. The Balaban J connectivity index is 2.26. The van der Waals surface area contributed by atoms with Gasteiger partial charge in [-0.05, 0) is 37.1 Å². The summed E-state index contributed by atoms with van der Waals surface area (Å²) >= 11 is 1.76. The minimum absolute atomic E-state index is 0.227. The van der Waals surface area contributed by atoms with E-state index >= 15 is 0 Å². The van der Waals surface area contributed by atoms with Crippen LogP contribution in [0.3, 0.4) is 0 Å². The van der Waals surface area contributed by atoms with E-state index in [1.54, 1.807) is 11.8 Å². The quantitative estimate of drug-likeness (QED) is 0.578. The van der Waals surface area contributed by atoms with E-state index in [2.05, 4.69) is 43.4 Å². The predicted octanol–water partition coefficient (Wildman–Crippen LogP) is 3.60. The lowest BCUT2D eigenvalue weighted by atomic mass is 10.1. The van der Waals surface area contributed by atoms with Crippen molar-refractivity contribution in [3.8, 4) is 0 Å². The SMILES string of the molecule is CCCNCc1cc2ccccc2nc1SC(C)CCO. The van der Waals surface area contributed by atoms with E-state index in [1.165, 1.54) is 10.9 Å². The van der Waals surface area contributed by atoms with Crippen molar-refractivity contribution in [1.82, 2.24) is 10.3 Å². The second-order valence-electron chi connectivity index (χ2n) is 5.26. The summed E-state index contributed by atoms with van der Waals surface area (Å²) in [4.78, 5) is 4.82. The Kier molecular flexibility index (Phi) is 6.49. The zero-order valence-corrected chi connectivity index (χ0v) is 13.6. The first-order valence-electron chi connectivity index (χ1n) is 7.61. The van der Waals surface area contributed by atoms with E-state index in [-0.39, 0.29) is 6.61 Å². The minimum atomic E-state index is 0.227. The van der Waals surface area contributed by atoms with Crippen LogP contribution in [-0.2, 0) is 6.54 Å². The predicted molar refractivity (Wildman–Crippen MR) is 90.8 cm³/mol. The van der Waals surface area contributed by atoms with E-state index in [0.717, 1.165) is 36.5 Å². The van der Waals surface area contributed by atoms with E-state index in [9.17, 15) is 0 Å². The molecule has 0 aliphatic carbocycles. The monoisotopic (exact) mass is 304 g/mol. The highest BCUT2D eigenvalue weighted by molar-refractivity contribution is 7.99. The van der Waals surface area contributed by atoms with Crippen molar-refractivity contribution in [2.24, 2.45) is 0 Å². The molecule has 0 radical (unpaired) electrons. The summed E-state index contributed by atoms with van der Waals surface area (Å²) in [5, 5.41) is 15.2. The molecule has 0 bridgehead atoms. The van der Waals surface area contributed by atoms with Gasteiger partial charge in [-0.3, -0.25) is 0 Å². The van der Waals surface area contributed by atoms with Crippen LogP contribution in [0.15, 0.2) is 35.4 Å². The van der Waals surface area contributed by atoms with Crippen molar-refractivity contribution in [2.75, 3.05) is 13.2 Å². The number of nitrogens with zero attached hydrogens (tertiary/aromatic N) is 1. The molecule has 3 nitrogen and oxygen atoms in total. The first-order chi connectivity index (χ1) is 10.2. The van der Waals surface area contributed by atoms with Gasteiger partial charge in [-0.25, -0.2) is 4.98 Å². The molecule has 0 saturated heterocycles. The number of aliphatic hydroxyl groups excluding tert-OH is 1. The molecule has 21 heavy (non-hydrogen) atoms. The molecule has 1 unspecified atom stereocenters. The van der Waals surface area contributed by atoms with Crippen LogP contribution >= 0.6 is 11.8 Å². The average Bonchev–Trinajstić information content (AvgIpc) is 2.48. The van der Waals surface area contributed by atoms with Crippen molar-refractivity contribution >= 4 is 22.7 Å². The summed E-state index contributed by atoms with van der Waals surface area (Å²) in [6, 6.07) is 10.5. The summed E-state index contributed by atoms with van der Waals surface area (Å²) in [6.45, 7) is 6.40. The Bertz CT molecular complexity index is 574. The van der Waals surface area contributed by atoms with Gasteiger partial charge < -0.3 is 10.4 Å². The van der Waals surface area contributed by atoms with Crippen molar-refractivity contribution < 1.29 is 5.11 Å². The summed E-state index contributed by atoms with van der Waals surface area (Å²) in [5.41, 5.74) is 2.28. The van der Waals surface area contributed by atoms with Gasteiger partial charge in [0.1, 0.15) is 5.03 Å². The largest absolute Gasteiger partial charge is 0.396 e. The number of thioether (sulfide) groups is 1. The van der Waals surface area contributed by atoms with Crippen molar-refractivity contribution in [3.63, 3.8) is 0 Å². The fourth-order valence-electron chi connectivity index (χ4n) is 2.20. The maximum absolute atomic E-state index is 9.08. The van der Waals surface area contributed by atoms with Crippen molar-refractivity contribution in [1.29, 1.82) is 0 Å². The third kappa shape index (κ3) is 4.70. The lowest BCUT2D eigenvalue weighted by Gasteiger charge is -2.14. The molecule has 0 amide bonds. The summed E-state index contributed by atoms with van der Waals surface area (Å²) in [6.07, 6.45) is 1.92. The molecule has 0 saturated carbocycles. The summed E-state index contributed by atoms with van der Waals surface area (Å²) < 4.78 is 0. The first-order valence-corrected chi connectivity index (χ1v) is 8.49. The molecule has 2 N–H and O–H groups in total. The highest BCUT2D eigenvalue weighted by Crippen LogP contribution is 2.29. The molecule has 0 spiro atoms. The molecule has 0 aliphatic heterocycles. The molecular formula is C17H24N2OS. The number of nitrogens with one attached hydrogen (secondary N) is 1. The second-order valence-corrected chi connectivity index (χ2v) is 6.69. The molecule has 1 atom stereocenters. The molecule has 0 fully saturated rings. The Morgan fingerprint density at radius 3 is 2.90 bits per heavy atom. The lowest BCUT2D eigenvalue weighted by Crippen LogP contribution is -2.15. The molecule has 1 aromatic heterocycles. The van der Waals surface area contributed by atoms with Gasteiger partial charge in [-0.15, -0.1) is 11.8 Å². The average molecular weight is 304 g/mol. The number of hydrogen-bond donors (Lipinski definition) is 2. The fourth-order valence-corrected chi connectivity index (χ4v) is 3.24. The number of aliphatic hydroxyl groups is 1. The van der Waals surface area contributed by atoms with E-state index in [0.29, 0.717) is 5.25 Å². The maximum Gasteiger partial charge on any atom is 0.101 e. The Labute approximate surface area is 131 Å². The summed E-state index contributed by atoms with van der Waals surface area (Å²) in [5.74, 6) is 0. The van der Waals surface area contributed by atoms with Crippen LogP contribution in [0.4, 0.5) is 0 Å². The normalized spacial score (nSPS) is 12.7. The molecule has 0 aliphatic rings. The number of pyridine rings is 1. The van der Waals surface area contributed by atoms with Crippen LogP contribution in [0.2, 0.25) is 0 Å². The van der Waals surface area contributed by atoms with E-state index < -0.39 is 0 Å². The molecule has 1 aromatic carbocycles. The Hall–Kier alpha value is -1.10. The Morgan fingerprint density at radius 1 is 1.33 bits per heavy atom. The standard InChI is InChI=1S/C17H24N2OS/c1-3-9-18-12-15-11-14-6-4-5-7-16(14)19-17(15)21-13(2)8-10-20/h4-7,11,13,18,20H,3,8-10,12H2,1-2H3. The zero-order chi connectivity index (χ0) is 15.1. The molecule has 2 aromatic rings. The van der Waals surface area contributed by atoms with E-state index in [1.807, 2.05) is 6.07 Å². The van der Waals surface area contributed by atoms with Gasteiger partial charge in [-0.1, -0.05) is 32.0 Å². The van der Waals surface area contributed by atoms with Crippen molar-refractivity contribution in [3.05, 3.63) is 35.9 Å². The number of hydrogen-bond acceptors (Lipinski definition) is 4. The highest BCUT2D eigenvalue weighted by Gasteiger charge is 2.11. The van der Waals surface area contributed by atoms with Crippen LogP contribution < -0.4 is 5.32 Å². The van der Waals surface area contributed by atoms with Gasteiger partial charge in [0.25, 0.3) is 0 Å². The zero-order valence-electron chi connectivity index (χ0n) is 12.8. The van der Waals surface area contributed by atoms with Crippen LogP contribution in [0.5, 0.6) is 0 Å². The summed E-state index contributed by atoms with van der Waals surface area (Å²) in [7, 11) is 0. The van der Waals surface area contributed by atoms with Gasteiger partial charge in [0.05, 0.1) is 5.52 Å². The number of rotatable bonds is 8. The second kappa shape index (κ2) is 8.37. The van der Waals surface area contributed by atoms with Crippen LogP contribution in [0.1, 0.15) is 32.3 Å². The number of fused-ring (bicyclic) bond motifs is 1. The molecule has 114 valence electrons. The third-order valence-electron chi connectivity index (χ3n) is 3.35. The molecule has 1 heterocycles. The first kappa shape index (κ1) is 16.3. The van der Waals surface area contributed by atoms with Crippen LogP contribution in [-0.4, -0.2) is 28.5 Å².